The lowest BCUT2D eigenvalue weighted by Gasteiger charge is -2.26. The van der Waals surface area contributed by atoms with E-state index < -0.39 is 5.60 Å². The molecule has 19 heavy (non-hydrogen) atoms. The van der Waals surface area contributed by atoms with E-state index in [0.717, 1.165) is 36.3 Å². The predicted molar refractivity (Wildman–Crippen MR) is 80.8 cm³/mol. The summed E-state index contributed by atoms with van der Waals surface area (Å²) in [4.78, 5) is 4.55. The second-order valence-electron chi connectivity index (χ2n) is 5.48. The van der Waals surface area contributed by atoms with Crippen molar-refractivity contribution < 1.29 is 5.11 Å². The van der Waals surface area contributed by atoms with Crippen molar-refractivity contribution in [3.8, 4) is 0 Å². The molecule has 1 aliphatic rings. The van der Waals surface area contributed by atoms with E-state index in [2.05, 4.69) is 16.4 Å². The molecule has 2 aromatic rings. The van der Waals surface area contributed by atoms with Crippen LogP contribution >= 0.6 is 11.3 Å². The number of fused-ring (bicyclic) bond motifs is 1. The quantitative estimate of drug-likeness (QED) is 0.838. The molecule has 1 saturated carbocycles. The zero-order valence-corrected chi connectivity index (χ0v) is 11.9. The molecule has 1 aliphatic carbocycles. The summed E-state index contributed by atoms with van der Waals surface area (Å²) < 4.78 is 1.19. The Morgan fingerprint density at radius 2 is 1.89 bits per heavy atom. The minimum Gasteiger partial charge on any atom is -0.388 e. The van der Waals surface area contributed by atoms with Gasteiger partial charge in [0.25, 0.3) is 0 Å². The van der Waals surface area contributed by atoms with E-state index in [1.54, 1.807) is 11.3 Å². The van der Waals surface area contributed by atoms with Gasteiger partial charge in [-0.15, -0.1) is 0 Å². The molecule has 1 aromatic carbocycles. The normalized spacial score (nSPS) is 19.2. The van der Waals surface area contributed by atoms with Crippen LogP contribution in [-0.2, 0) is 0 Å². The molecule has 102 valence electrons. The SMILES string of the molecule is OC1(CNc2nc3ccccc3s2)CCCCCC1. The minimum absolute atomic E-state index is 0.547. The van der Waals surface area contributed by atoms with Gasteiger partial charge in [0, 0.05) is 6.54 Å². The van der Waals surface area contributed by atoms with E-state index in [9.17, 15) is 5.11 Å². The molecule has 1 heterocycles. The Morgan fingerprint density at radius 3 is 2.63 bits per heavy atom. The van der Waals surface area contributed by atoms with Crippen molar-refractivity contribution in [1.82, 2.24) is 4.98 Å². The lowest BCUT2D eigenvalue weighted by Crippen LogP contribution is -2.36. The standard InChI is InChI=1S/C15H20N2OS/c18-15(9-5-1-2-6-10-15)11-16-14-17-12-7-3-4-8-13(12)19-14/h3-4,7-8,18H,1-2,5-6,9-11H2,(H,16,17). The molecule has 3 nitrogen and oxygen atoms in total. The third kappa shape index (κ3) is 3.07. The Morgan fingerprint density at radius 1 is 1.16 bits per heavy atom. The third-order valence-electron chi connectivity index (χ3n) is 3.90. The highest BCUT2D eigenvalue weighted by atomic mass is 32.1. The number of rotatable bonds is 3. The highest BCUT2D eigenvalue weighted by Gasteiger charge is 2.27. The molecule has 0 atom stereocenters. The average Bonchev–Trinajstić information content (AvgIpc) is 2.72. The van der Waals surface area contributed by atoms with Gasteiger partial charge in [-0.1, -0.05) is 49.2 Å². The Hall–Kier alpha value is -1.13. The van der Waals surface area contributed by atoms with Crippen LogP contribution in [0.25, 0.3) is 10.2 Å². The van der Waals surface area contributed by atoms with Crippen LogP contribution in [0.1, 0.15) is 38.5 Å². The summed E-state index contributed by atoms with van der Waals surface area (Å²) in [6, 6.07) is 8.14. The van der Waals surface area contributed by atoms with Crippen molar-refractivity contribution in [3.63, 3.8) is 0 Å². The van der Waals surface area contributed by atoms with E-state index >= 15 is 0 Å². The number of hydrogen-bond donors (Lipinski definition) is 2. The van der Waals surface area contributed by atoms with Crippen LogP contribution in [0.3, 0.4) is 0 Å². The predicted octanol–water partition coefficient (Wildman–Crippen LogP) is 3.79. The molecular formula is C15H20N2OS. The summed E-state index contributed by atoms with van der Waals surface area (Å²) in [6.45, 7) is 0.618. The zero-order chi connectivity index (χ0) is 13.1. The molecule has 0 bridgehead atoms. The summed E-state index contributed by atoms with van der Waals surface area (Å²) >= 11 is 1.66. The Kier molecular flexibility index (Phi) is 3.71. The monoisotopic (exact) mass is 276 g/mol. The molecule has 0 aliphatic heterocycles. The first kappa shape index (κ1) is 12.9. The highest BCUT2D eigenvalue weighted by molar-refractivity contribution is 7.22. The number of thiazole rings is 1. The molecule has 4 heteroatoms. The van der Waals surface area contributed by atoms with Crippen LogP contribution in [0.5, 0.6) is 0 Å². The highest BCUT2D eigenvalue weighted by Crippen LogP contribution is 2.29. The first-order valence-electron chi connectivity index (χ1n) is 7.07. The van der Waals surface area contributed by atoms with Gasteiger partial charge in [0.1, 0.15) is 0 Å². The fourth-order valence-electron chi connectivity index (χ4n) is 2.75. The summed E-state index contributed by atoms with van der Waals surface area (Å²) in [6.07, 6.45) is 6.60. The van der Waals surface area contributed by atoms with E-state index in [-0.39, 0.29) is 0 Å². The number of anilines is 1. The van der Waals surface area contributed by atoms with Gasteiger partial charge in [-0.25, -0.2) is 4.98 Å². The van der Waals surface area contributed by atoms with Crippen molar-refractivity contribution in [2.24, 2.45) is 0 Å². The molecule has 0 unspecified atom stereocenters. The number of aliphatic hydroxyl groups is 1. The van der Waals surface area contributed by atoms with Gasteiger partial charge in [-0.05, 0) is 25.0 Å². The summed E-state index contributed by atoms with van der Waals surface area (Å²) in [7, 11) is 0. The van der Waals surface area contributed by atoms with Crippen molar-refractivity contribution in [3.05, 3.63) is 24.3 Å². The Bertz CT molecular complexity index is 511. The van der Waals surface area contributed by atoms with Crippen LogP contribution in [0, 0.1) is 0 Å². The van der Waals surface area contributed by atoms with E-state index in [4.69, 9.17) is 0 Å². The molecule has 0 amide bonds. The van der Waals surface area contributed by atoms with Crippen LogP contribution in [-0.4, -0.2) is 22.2 Å². The molecule has 0 saturated heterocycles. The molecular weight excluding hydrogens is 256 g/mol. The zero-order valence-electron chi connectivity index (χ0n) is 11.1. The fraction of sp³-hybridized carbons (Fsp3) is 0.533. The maximum Gasteiger partial charge on any atom is 0.183 e. The molecule has 0 radical (unpaired) electrons. The lowest BCUT2D eigenvalue weighted by atomic mass is 9.95. The second-order valence-corrected chi connectivity index (χ2v) is 6.51. The average molecular weight is 276 g/mol. The first-order chi connectivity index (χ1) is 9.25. The Balaban J connectivity index is 1.67. The number of aromatic nitrogens is 1. The molecule has 1 aromatic heterocycles. The van der Waals surface area contributed by atoms with Crippen LogP contribution in [0.4, 0.5) is 5.13 Å². The van der Waals surface area contributed by atoms with Crippen molar-refractivity contribution in [2.45, 2.75) is 44.1 Å². The summed E-state index contributed by atoms with van der Waals surface area (Å²) in [5.74, 6) is 0. The molecule has 1 fully saturated rings. The maximum atomic E-state index is 10.6. The van der Waals surface area contributed by atoms with Gasteiger partial charge in [-0.2, -0.15) is 0 Å². The maximum absolute atomic E-state index is 10.6. The topological polar surface area (TPSA) is 45.1 Å². The second kappa shape index (κ2) is 5.47. The van der Waals surface area contributed by atoms with Gasteiger partial charge in [0.15, 0.2) is 5.13 Å². The molecule has 0 spiro atoms. The molecule has 2 N–H and O–H groups in total. The fourth-order valence-corrected chi connectivity index (χ4v) is 3.61. The van der Waals surface area contributed by atoms with Crippen molar-refractivity contribution in [1.29, 1.82) is 0 Å². The van der Waals surface area contributed by atoms with Gasteiger partial charge < -0.3 is 10.4 Å². The largest absolute Gasteiger partial charge is 0.388 e. The van der Waals surface area contributed by atoms with Gasteiger partial charge in [0.05, 0.1) is 15.8 Å². The lowest BCUT2D eigenvalue weighted by molar-refractivity contribution is 0.0381. The Labute approximate surface area is 117 Å². The van der Waals surface area contributed by atoms with Gasteiger partial charge in [0.2, 0.25) is 0 Å². The minimum atomic E-state index is -0.547. The van der Waals surface area contributed by atoms with Crippen LogP contribution in [0.2, 0.25) is 0 Å². The first-order valence-corrected chi connectivity index (χ1v) is 7.89. The number of hydrogen-bond acceptors (Lipinski definition) is 4. The smallest absolute Gasteiger partial charge is 0.183 e. The van der Waals surface area contributed by atoms with Crippen LogP contribution < -0.4 is 5.32 Å². The number of para-hydroxylation sites is 1. The van der Waals surface area contributed by atoms with Gasteiger partial charge in [-0.3, -0.25) is 0 Å². The van der Waals surface area contributed by atoms with Gasteiger partial charge >= 0.3 is 0 Å². The summed E-state index contributed by atoms with van der Waals surface area (Å²) in [5, 5.41) is 14.8. The van der Waals surface area contributed by atoms with Crippen molar-refractivity contribution >= 4 is 26.7 Å². The number of benzene rings is 1. The summed E-state index contributed by atoms with van der Waals surface area (Å²) in [5.41, 5.74) is 0.483. The third-order valence-corrected chi connectivity index (χ3v) is 4.89. The van der Waals surface area contributed by atoms with Crippen molar-refractivity contribution in [2.75, 3.05) is 11.9 Å². The number of nitrogens with one attached hydrogen (secondary N) is 1. The van der Waals surface area contributed by atoms with E-state index in [1.165, 1.54) is 17.5 Å². The number of nitrogens with zero attached hydrogens (tertiary/aromatic N) is 1. The molecule has 3 rings (SSSR count). The van der Waals surface area contributed by atoms with E-state index in [1.807, 2.05) is 18.2 Å². The van der Waals surface area contributed by atoms with Crippen LogP contribution in [0.15, 0.2) is 24.3 Å². The van der Waals surface area contributed by atoms with E-state index in [0.29, 0.717) is 6.54 Å².